The highest BCUT2D eigenvalue weighted by Gasteiger charge is 2.31. The van der Waals surface area contributed by atoms with Gasteiger partial charge in [0.05, 0.1) is 4.01 Å². The number of methoxy groups -OCH3 is 1. The molecule has 4 heteroatoms. The van der Waals surface area contributed by atoms with Gasteiger partial charge in [-0.15, -0.1) is 22.7 Å². The van der Waals surface area contributed by atoms with Crippen LogP contribution in [0.15, 0.2) is 30.3 Å². The van der Waals surface area contributed by atoms with Gasteiger partial charge in [-0.05, 0) is 23.8 Å². The van der Waals surface area contributed by atoms with Crippen molar-refractivity contribution in [2.75, 3.05) is 7.11 Å². The Morgan fingerprint density at radius 1 is 1.26 bits per heavy atom. The van der Waals surface area contributed by atoms with E-state index in [2.05, 4.69) is 24.3 Å². The fraction of sp³-hybridized carbons (Fsp3) is 0.200. The SMILES string of the molecule is COC1(O)C=Cc2sc3sc4ccccc4c3c2C1. The average molecular weight is 288 g/mol. The van der Waals surface area contributed by atoms with Crippen LogP contribution in [-0.2, 0) is 11.2 Å². The summed E-state index contributed by atoms with van der Waals surface area (Å²) >= 11 is 3.63. The van der Waals surface area contributed by atoms with E-state index in [1.807, 2.05) is 17.4 Å². The van der Waals surface area contributed by atoms with Crippen LogP contribution in [0.5, 0.6) is 0 Å². The van der Waals surface area contributed by atoms with Gasteiger partial charge in [-0.25, -0.2) is 0 Å². The topological polar surface area (TPSA) is 29.5 Å². The van der Waals surface area contributed by atoms with Crippen molar-refractivity contribution in [1.82, 2.24) is 0 Å². The molecule has 0 bridgehead atoms. The Bertz CT molecular complexity index is 812. The first-order valence-corrected chi connectivity index (χ1v) is 7.73. The highest BCUT2D eigenvalue weighted by atomic mass is 32.2. The van der Waals surface area contributed by atoms with Crippen LogP contribution in [0, 0.1) is 0 Å². The van der Waals surface area contributed by atoms with Crippen LogP contribution in [0.4, 0.5) is 0 Å². The summed E-state index contributed by atoms with van der Waals surface area (Å²) in [5.41, 5.74) is 1.21. The number of hydrogen-bond donors (Lipinski definition) is 1. The molecule has 1 atom stereocenters. The molecule has 3 aromatic rings. The van der Waals surface area contributed by atoms with Gasteiger partial charge < -0.3 is 9.84 Å². The van der Waals surface area contributed by atoms with Gasteiger partial charge in [-0.2, -0.15) is 0 Å². The highest BCUT2D eigenvalue weighted by molar-refractivity contribution is 7.42. The molecule has 4 rings (SSSR count). The second-order valence-corrected chi connectivity index (χ2v) is 7.13. The first-order chi connectivity index (χ1) is 9.20. The molecule has 2 nitrogen and oxygen atoms in total. The zero-order valence-electron chi connectivity index (χ0n) is 10.3. The third kappa shape index (κ3) is 1.61. The molecule has 0 amide bonds. The quantitative estimate of drug-likeness (QED) is 0.685. The Balaban J connectivity index is 2.05. The molecule has 19 heavy (non-hydrogen) atoms. The highest BCUT2D eigenvalue weighted by Crippen LogP contribution is 2.45. The Hall–Kier alpha value is -1.20. The lowest BCUT2D eigenvalue weighted by atomic mass is 9.96. The fourth-order valence-corrected chi connectivity index (χ4v) is 5.27. The summed E-state index contributed by atoms with van der Waals surface area (Å²) in [5.74, 6) is -1.16. The van der Waals surface area contributed by atoms with Gasteiger partial charge >= 0.3 is 0 Å². The number of benzene rings is 1. The Morgan fingerprint density at radius 2 is 2.11 bits per heavy atom. The maximum atomic E-state index is 10.3. The number of fused-ring (bicyclic) bond motifs is 5. The van der Waals surface area contributed by atoms with Crippen LogP contribution in [0.3, 0.4) is 0 Å². The lowest BCUT2D eigenvalue weighted by Crippen LogP contribution is -2.32. The van der Waals surface area contributed by atoms with E-state index in [1.165, 1.54) is 29.9 Å². The largest absolute Gasteiger partial charge is 0.362 e. The molecule has 2 aromatic heterocycles. The second-order valence-electron chi connectivity index (χ2n) is 4.76. The van der Waals surface area contributed by atoms with Gasteiger partial charge in [0.15, 0.2) is 5.79 Å². The molecule has 1 N–H and O–H groups in total. The van der Waals surface area contributed by atoms with E-state index >= 15 is 0 Å². The van der Waals surface area contributed by atoms with Crippen molar-refractivity contribution in [2.24, 2.45) is 0 Å². The minimum absolute atomic E-state index is 0.524. The van der Waals surface area contributed by atoms with E-state index in [0.717, 1.165) is 0 Å². The van der Waals surface area contributed by atoms with Gasteiger partial charge in [-0.1, -0.05) is 18.2 Å². The number of rotatable bonds is 1. The molecule has 2 heterocycles. The van der Waals surface area contributed by atoms with Gasteiger partial charge in [-0.3, -0.25) is 0 Å². The first-order valence-electron chi connectivity index (χ1n) is 6.10. The normalized spacial score (nSPS) is 22.2. The summed E-state index contributed by atoms with van der Waals surface area (Å²) in [5, 5.41) is 12.9. The third-order valence-electron chi connectivity index (χ3n) is 3.64. The molecule has 1 aromatic carbocycles. The van der Waals surface area contributed by atoms with Crippen molar-refractivity contribution in [3.05, 3.63) is 40.8 Å². The smallest absolute Gasteiger partial charge is 0.189 e. The number of thiophene rings is 2. The minimum atomic E-state index is -1.16. The maximum Gasteiger partial charge on any atom is 0.189 e. The molecule has 0 spiro atoms. The molecule has 0 saturated carbocycles. The van der Waals surface area contributed by atoms with Crippen LogP contribution in [-0.4, -0.2) is 18.0 Å². The summed E-state index contributed by atoms with van der Waals surface area (Å²) < 4.78 is 7.86. The minimum Gasteiger partial charge on any atom is -0.362 e. The summed E-state index contributed by atoms with van der Waals surface area (Å²) in [6, 6.07) is 8.45. The standard InChI is InChI=1S/C15H12O2S2/c1-17-15(16)7-6-12-10(8-15)13-9-4-2-3-5-11(9)18-14(13)19-12/h2-7,16H,8H2,1H3. The second kappa shape index (κ2) is 3.90. The predicted molar refractivity (Wildman–Crippen MR) is 81.9 cm³/mol. The molecule has 0 aliphatic heterocycles. The van der Waals surface area contributed by atoms with Crippen molar-refractivity contribution in [3.8, 4) is 0 Å². The molecule has 1 aliphatic carbocycles. The zero-order chi connectivity index (χ0) is 13.0. The molecule has 1 unspecified atom stereocenters. The van der Waals surface area contributed by atoms with Crippen LogP contribution < -0.4 is 0 Å². The zero-order valence-corrected chi connectivity index (χ0v) is 12.0. The third-order valence-corrected chi connectivity index (χ3v) is 6.10. The van der Waals surface area contributed by atoms with Gasteiger partial charge in [0.25, 0.3) is 0 Å². The summed E-state index contributed by atoms with van der Waals surface area (Å²) in [7, 11) is 1.55. The van der Waals surface area contributed by atoms with Gasteiger partial charge in [0, 0.05) is 33.9 Å². The van der Waals surface area contributed by atoms with Crippen molar-refractivity contribution in [1.29, 1.82) is 0 Å². The van der Waals surface area contributed by atoms with Crippen molar-refractivity contribution < 1.29 is 9.84 Å². The monoisotopic (exact) mass is 288 g/mol. The Kier molecular flexibility index (Phi) is 2.38. The van der Waals surface area contributed by atoms with Crippen LogP contribution >= 0.6 is 22.7 Å². The molecule has 0 radical (unpaired) electrons. The van der Waals surface area contributed by atoms with Crippen LogP contribution in [0.1, 0.15) is 10.4 Å². The van der Waals surface area contributed by atoms with Crippen molar-refractivity contribution in [3.63, 3.8) is 0 Å². The first kappa shape index (κ1) is 11.6. The number of ether oxygens (including phenoxy) is 1. The molecule has 1 aliphatic rings. The van der Waals surface area contributed by atoms with E-state index in [-0.39, 0.29) is 0 Å². The average Bonchev–Trinajstić information content (AvgIpc) is 2.94. The molecule has 96 valence electrons. The van der Waals surface area contributed by atoms with Crippen LogP contribution in [0.2, 0.25) is 0 Å². The van der Waals surface area contributed by atoms with Crippen molar-refractivity contribution in [2.45, 2.75) is 12.2 Å². The lowest BCUT2D eigenvalue weighted by Gasteiger charge is -2.25. The number of aliphatic hydroxyl groups is 1. The lowest BCUT2D eigenvalue weighted by molar-refractivity contribution is -0.144. The summed E-state index contributed by atoms with van der Waals surface area (Å²) in [6.45, 7) is 0. The van der Waals surface area contributed by atoms with E-state index in [0.29, 0.717) is 6.42 Å². The van der Waals surface area contributed by atoms with E-state index in [1.54, 1.807) is 24.5 Å². The van der Waals surface area contributed by atoms with E-state index < -0.39 is 5.79 Å². The predicted octanol–water partition coefficient (Wildman–Crippen LogP) is 4.02. The molecular weight excluding hydrogens is 276 g/mol. The molecule has 0 saturated heterocycles. The summed E-state index contributed by atoms with van der Waals surface area (Å²) in [4.78, 5) is 1.24. The maximum absolute atomic E-state index is 10.3. The molecule has 0 fully saturated rings. The van der Waals surface area contributed by atoms with Crippen molar-refractivity contribution >= 4 is 48.2 Å². The number of hydrogen-bond acceptors (Lipinski definition) is 4. The van der Waals surface area contributed by atoms with Gasteiger partial charge in [0.2, 0.25) is 0 Å². The Labute approximate surface area is 118 Å². The van der Waals surface area contributed by atoms with Gasteiger partial charge in [0.1, 0.15) is 0 Å². The van der Waals surface area contributed by atoms with E-state index in [9.17, 15) is 5.11 Å². The summed E-state index contributed by atoms with van der Waals surface area (Å²) in [6.07, 6.45) is 4.25. The van der Waals surface area contributed by atoms with Crippen LogP contribution in [0.25, 0.3) is 25.6 Å². The molecular formula is C15H12O2S2. The Morgan fingerprint density at radius 3 is 2.95 bits per heavy atom. The van der Waals surface area contributed by atoms with E-state index in [4.69, 9.17) is 4.74 Å². The fourth-order valence-electron chi connectivity index (χ4n) is 2.63.